The lowest BCUT2D eigenvalue weighted by Gasteiger charge is -2.24. The van der Waals surface area contributed by atoms with Gasteiger partial charge in [-0.3, -0.25) is 9.59 Å². The van der Waals surface area contributed by atoms with Gasteiger partial charge >= 0.3 is 5.97 Å². The van der Waals surface area contributed by atoms with Crippen molar-refractivity contribution in [2.45, 2.75) is 32.6 Å². The van der Waals surface area contributed by atoms with E-state index in [0.717, 1.165) is 29.7 Å². The predicted octanol–water partition coefficient (Wildman–Crippen LogP) is 2.71. The highest BCUT2D eigenvalue weighted by Crippen LogP contribution is 2.40. The minimum absolute atomic E-state index is 0.0708. The zero-order chi connectivity index (χ0) is 18.8. The van der Waals surface area contributed by atoms with Gasteiger partial charge in [0.1, 0.15) is 11.5 Å². The molecular weight excluding hydrogens is 334 g/mol. The number of carbonyl (C=O) groups is 1. The summed E-state index contributed by atoms with van der Waals surface area (Å²) < 4.78 is 13.0. The maximum atomic E-state index is 12.9. The van der Waals surface area contributed by atoms with Gasteiger partial charge in [-0.2, -0.15) is 0 Å². The molecule has 1 aliphatic rings. The van der Waals surface area contributed by atoms with Crippen LogP contribution in [-0.2, 0) is 24.7 Å². The maximum Gasteiger partial charge on any atom is 0.303 e. The second-order valence-corrected chi connectivity index (χ2v) is 6.52. The van der Waals surface area contributed by atoms with E-state index in [1.165, 1.54) is 0 Å². The molecule has 0 saturated heterocycles. The normalized spacial score (nSPS) is 13.0. The van der Waals surface area contributed by atoms with E-state index in [9.17, 15) is 9.59 Å². The summed E-state index contributed by atoms with van der Waals surface area (Å²) in [5.74, 6) is 0.368. The third-order valence-corrected chi connectivity index (χ3v) is 4.91. The third-order valence-electron chi connectivity index (χ3n) is 4.91. The summed E-state index contributed by atoms with van der Waals surface area (Å²) in [6.07, 6.45) is 2.21. The molecule has 0 atom stereocenters. The lowest BCUT2D eigenvalue weighted by atomic mass is 9.91. The van der Waals surface area contributed by atoms with Gasteiger partial charge in [-0.05, 0) is 37.3 Å². The first-order valence-corrected chi connectivity index (χ1v) is 8.68. The van der Waals surface area contributed by atoms with E-state index in [0.29, 0.717) is 35.7 Å². The fraction of sp³-hybridized carbons (Fsp3) is 0.400. The fourth-order valence-electron chi connectivity index (χ4n) is 3.40. The largest absolute Gasteiger partial charge is 0.496 e. The third kappa shape index (κ3) is 3.19. The molecule has 0 saturated carbocycles. The molecule has 0 bridgehead atoms. The number of aryl methyl sites for hydroxylation is 2. The number of methoxy groups -OCH3 is 1. The smallest absolute Gasteiger partial charge is 0.303 e. The first-order chi connectivity index (χ1) is 12.4. The summed E-state index contributed by atoms with van der Waals surface area (Å²) in [6, 6.07) is 5.59. The number of pyridine rings is 1. The number of carboxylic acids is 1. The Balaban J connectivity index is 2.20. The molecule has 0 spiro atoms. The van der Waals surface area contributed by atoms with Crippen molar-refractivity contribution in [1.29, 1.82) is 0 Å². The van der Waals surface area contributed by atoms with Crippen LogP contribution in [-0.4, -0.2) is 29.4 Å². The van der Waals surface area contributed by atoms with E-state index in [1.54, 1.807) is 18.7 Å². The van der Waals surface area contributed by atoms with Crippen molar-refractivity contribution in [3.8, 4) is 22.6 Å². The Morgan fingerprint density at radius 3 is 2.85 bits per heavy atom. The second kappa shape index (κ2) is 7.23. The Morgan fingerprint density at radius 1 is 1.38 bits per heavy atom. The van der Waals surface area contributed by atoms with Gasteiger partial charge in [-0.25, -0.2) is 0 Å². The Kier molecular flexibility index (Phi) is 5.02. The molecule has 6 heteroatoms. The molecule has 2 aromatic rings. The molecule has 0 aliphatic carbocycles. The van der Waals surface area contributed by atoms with Gasteiger partial charge < -0.3 is 19.1 Å². The molecule has 2 heterocycles. The minimum atomic E-state index is -0.825. The number of rotatable bonds is 5. The lowest BCUT2D eigenvalue weighted by Crippen LogP contribution is -2.22. The summed E-state index contributed by atoms with van der Waals surface area (Å²) in [5.41, 5.74) is 3.81. The van der Waals surface area contributed by atoms with Gasteiger partial charge in [0.25, 0.3) is 5.56 Å². The van der Waals surface area contributed by atoms with Gasteiger partial charge in [0.2, 0.25) is 0 Å². The summed E-state index contributed by atoms with van der Waals surface area (Å²) in [6.45, 7) is 2.44. The number of aliphatic carboxylic acids is 1. The van der Waals surface area contributed by atoms with Crippen LogP contribution in [0, 0.1) is 6.92 Å². The van der Waals surface area contributed by atoms with Crippen molar-refractivity contribution in [2.75, 3.05) is 13.7 Å². The molecule has 0 radical (unpaired) electrons. The number of carboxylic acid groups (broad SMARTS) is 1. The number of fused-ring (bicyclic) bond motifs is 1. The van der Waals surface area contributed by atoms with Crippen molar-refractivity contribution >= 4 is 5.97 Å². The standard InChI is InChI=1S/C20H23NO5/c1-12-11-16(25-3)18(20(24)21(12)2)15-8-6-13(7-9-17(22)23)14-5-4-10-26-19(14)15/h6,8,11H,4-5,7,9-10H2,1-3H3,(H,22,23). The zero-order valence-corrected chi connectivity index (χ0v) is 15.3. The minimum Gasteiger partial charge on any atom is -0.496 e. The summed E-state index contributed by atoms with van der Waals surface area (Å²) in [7, 11) is 3.28. The average molecular weight is 357 g/mol. The van der Waals surface area contributed by atoms with E-state index < -0.39 is 5.97 Å². The number of aromatic nitrogens is 1. The molecule has 6 nitrogen and oxygen atoms in total. The maximum absolute atomic E-state index is 12.9. The van der Waals surface area contributed by atoms with Gasteiger partial charge in [-0.1, -0.05) is 12.1 Å². The van der Waals surface area contributed by atoms with Crippen molar-refractivity contribution < 1.29 is 19.4 Å². The van der Waals surface area contributed by atoms with Gasteiger partial charge in [0.05, 0.1) is 19.3 Å². The van der Waals surface area contributed by atoms with Crippen molar-refractivity contribution in [3.05, 3.63) is 45.4 Å². The van der Waals surface area contributed by atoms with Gasteiger partial charge in [-0.15, -0.1) is 0 Å². The van der Waals surface area contributed by atoms with Crippen LogP contribution in [0.4, 0.5) is 0 Å². The SMILES string of the molecule is COc1cc(C)n(C)c(=O)c1-c1ccc(CCC(=O)O)c2c1OCCC2. The molecule has 138 valence electrons. The lowest BCUT2D eigenvalue weighted by molar-refractivity contribution is -0.136. The zero-order valence-electron chi connectivity index (χ0n) is 15.3. The van der Waals surface area contributed by atoms with Crippen molar-refractivity contribution in [3.63, 3.8) is 0 Å². The quantitative estimate of drug-likeness (QED) is 0.890. The van der Waals surface area contributed by atoms with Gasteiger partial charge in [0.15, 0.2) is 0 Å². The van der Waals surface area contributed by atoms with E-state index in [4.69, 9.17) is 14.6 Å². The Labute approximate surface area is 152 Å². The number of ether oxygens (including phenoxy) is 2. The Hall–Kier alpha value is -2.76. The van der Waals surface area contributed by atoms with E-state index >= 15 is 0 Å². The van der Waals surface area contributed by atoms with E-state index in [1.807, 2.05) is 25.1 Å². The van der Waals surface area contributed by atoms with Crippen LogP contribution in [0.3, 0.4) is 0 Å². The van der Waals surface area contributed by atoms with E-state index in [-0.39, 0.29) is 12.0 Å². The number of benzene rings is 1. The molecule has 1 N–H and O–H groups in total. The molecule has 1 aromatic carbocycles. The second-order valence-electron chi connectivity index (χ2n) is 6.52. The molecule has 1 aliphatic heterocycles. The number of hydrogen-bond donors (Lipinski definition) is 1. The number of nitrogens with zero attached hydrogens (tertiary/aromatic N) is 1. The highest BCUT2D eigenvalue weighted by Gasteiger charge is 2.24. The predicted molar refractivity (Wildman–Crippen MR) is 98.2 cm³/mol. The Morgan fingerprint density at radius 2 is 2.15 bits per heavy atom. The van der Waals surface area contributed by atoms with Crippen LogP contribution in [0.15, 0.2) is 23.0 Å². The number of hydrogen-bond acceptors (Lipinski definition) is 4. The molecule has 0 amide bonds. The van der Waals surface area contributed by atoms with Crippen LogP contribution in [0.2, 0.25) is 0 Å². The van der Waals surface area contributed by atoms with Gasteiger partial charge in [0, 0.05) is 30.8 Å². The molecule has 3 rings (SSSR count). The van der Waals surface area contributed by atoms with Crippen LogP contribution >= 0.6 is 0 Å². The molecule has 0 fully saturated rings. The molecule has 0 unspecified atom stereocenters. The Bertz CT molecular complexity index is 913. The van der Waals surface area contributed by atoms with E-state index in [2.05, 4.69) is 0 Å². The highest BCUT2D eigenvalue weighted by molar-refractivity contribution is 5.78. The first-order valence-electron chi connectivity index (χ1n) is 8.68. The fourth-order valence-corrected chi connectivity index (χ4v) is 3.40. The highest BCUT2D eigenvalue weighted by atomic mass is 16.5. The molecule has 26 heavy (non-hydrogen) atoms. The summed E-state index contributed by atoms with van der Waals surface area (Å²) in [4.78, 5) is 23.8. The van der Waals surface area contributed by atoms with Crippen LogP contribution < -0.4 is 15.0 Å². The first kappa shape index (κ1) is 18.0. The molecule has 1 aromatic heterocycles. The monoisotopic (exact) mass is 357 g/mol. The van der Waals surface area contributed by atoms with Crippen LogP contribution in [0.25, 0.3) is 11.1 Å². The van der Waals surface area contributed by atoms with Crippen molar-refractivity contribution in [1.82, 2.24) is 4.57 Å². The summed E-state index contributed by atoms with van der Waals surface area (Å²) >= 11 is 0. The molecular formula is C20H23NO5. The van der Waals surface area contributed by atoms with Crippen LogP contribution in [0.5, 0.6) is 11.5 Å². The summed E-state index contributed by atoms with van der Waals surface area (Å²) in [5, 5.41) is 8.98. The van der Waals surface area contributed by atoms with Crippen LogP contribution in [0.1, 0.15) is 29.7 Å². The van der Waals surface area contributed by atoms with Crippen molar-refractivity contribution in [2.24, 2.45) is 7.05 Å². The average Bonchev–Trinajstić information content (AvgIpc) is 2.64. The topological polar surface area (TPSA) is 77.8 Å².